The molecule has 0 saturated heterocycles. The molecule has 0 saturated carbocycles. The molecule has 1 aromatic carbocycles. The van der Waals surface area contributed by atoms with Crippen molar-refractivity contribution in [2.24, 2.45) is 0 Å². The normalized spacial score (nSPS) is 15.1. The van der Waals surface area contributed by atoms with E-state index in [0.29, 0.717) is 16.8 Å². The predicted molar refractivity (Wildman–Crippen MR) is 75.6 cm³/mol. The van der Waals surface area contributed by atoms with Crippen LogP contribution in [0.2, 0.25) is 0 Å². The molecule has 1 aromatic heterocycles. The van der Waals surface area contributed by atoms with E-state index in [9.17, 15) is 14.9 Å². The first-order chi connectivity index (χ1) is 9.99. The number of aryl methyl sites for hydroxylation is 2. The van der Waals surface area contributed by atoms with Crippen LogP contribution >= 0.6 is 0 Å². The van der Waals surface area contributed by atoms with Crippen LogP contribution in [-0.2, 0) is 4.79 Å². The van der Waals surface area contributed by atoms with Crippen LogP contribution in [-0.4, -0.2) is 16.0 Å². The molecule has 1 amide bonds. The molecule has 2 heterocycles. The molecular weight excluding hydrogens is 274 g/mol. The van der Waals surface area contributed by atoms with E-state index in [1.807, 2.05) is 19.1 Å². The van der Waals surface area contributed by atoms with Gasteiger partial charge in [0.05, 0.1) is 16.2 Å². The maximum atomic E-state index is 12.1. The van der Waals surface area contributed by atoms with Crippen molar-refractivity contribution in [3.8, 4) is 0 Å². The summed E-state index contributed by atoms with van der Waals surface area (Å²) in [5, 5.41) is 17.4. The third kappa shape index (κ3) is 1.99. The highest BCUT2D eigenvalue weighted by Crippen LogP contribution is 2.36. The van der Waals surface area contributed by atoms with Crippen LogP contribution in [0.4, 0.5) is 11.4 Å². The fraction of sp³-hybridized carbons (Fsp3) is 0.143. The smallest absolute Gasteiger partial charge is 0.338 e. The fourth-order valence-electron chi connectivity index (χ4n) is 2.33. The second-order valence-electron chi connectivity index (χ2n) is 4.75. The van der Waals surface area contributed by atoms with Gasteiger partial charge in [-0.1, -0.05) is 23.4 Å². The Balaban J connectivity index is 2.16. The lowest BCUT2D eigenvalue weighted by atomic mass is 10.0. The summed E-state index contributed by atoms with van der Waals surface area (Å²) < 4.78 is 4.96. The average molecular weight is 285 g/mol. The molecule has 0 aliphatic carbocycles. The van der Waals surface area contributed by atoms with Crippen LogP contribution in [0.3, 0.4) is 0 Å². The maximum Gasteiger partial charge on any atom is 0.338 e. The van der Waals surface area contributed by atoms with Crippen molar-refractivity contribution in [3.05, 3.63) is 50.9 Å². The summed E-state index contributed by atoms with van der Waals surface area (Å²) in [7, 11) is 0. The summed E-state index contributed by atoms with van der Waals surface area (Å²) in [6.07, 6.45) is 1.36. The lowest BCUT2D eigenvalue weighted by molar-refractivity contribution is -0.386. The fourth-order valence-corrected chi connectivity index (χ4v) is 2.33. The number of nitrogens with one attached hydrogen (secondary N) is 1. The third-order valence-electron chi connectivity index (χ3n) is 3.36. The number of benzene rings is 1. The molecular formula is C14H11N3O4. The van der Waals surface area contributed by atoms with Crippen molar-refractivity contribution in [3.63, 3.8) is 0 Å². The van der Waals surface area contributed by atoms with Crippen molar-refractivity contribution >= 4 is 28.9 Å². The standard InChI is InChI=1S/C14H11N3O4/c1-7-4-3-5-9-10(14(18)15-12(7)9)6-11-13(17(19)20)8(2)16-21-11/h3-6H,1-2H3,(H,15,18)/b10-6-. The Hall–Kier alpha value is -2.96. The molecule has 0 atom stereocenters. The summed E-state index contributed by atoms with van der Waals surface area (Å²) in [4.78, 5) is 22.5. The van der Waals surface area contributed by atoms with Crippen LogP contribution < -0.4 is 5.32 Å². The zero-order valence-electron chi connectivity index (χ0n) is 11.3. The lowest BCUT2D eigenvalue weighted by Crippen LogP contribution is -2.04. The summed E-state index contributed by atoms with van der Waals surface area (Å²) >= 11 is 0. The van der Waals surface area contributed by atoms with Gasteiger partial charge < -0.3 is 9.84 Å². The minimum atomic E-state index is -0.567. The number of hydrogen-bond acceptors (Lipinski definition) is 5. The largest absolute Gasteiger partial charge is 0.349 e. The maximum absolute atomic E-state index is 12.1. The molecule has 2 aromatic rings. The molecule has 1 aliphatic heterocycles. The minimum Gasteiger partial charge on any atom is -0.349 e. The number of carbonyl (C=O) groups excluding carboxylic acids is 1. The van der Waals surface area contributed by atoms with E-state index in [4.69, 9.17) is 4.52 Å². The summed E-state index contributed by atoms with van der Waals surface area (Å²) in [5.74, 6) is -0.348. The van der Waals surface area contributed by atoms with E-state index < -0.39 is 4.92 Å². The SMILES string of the molecule is Cc1cccc2c1NC(=O)/C2=C\c1onc(C)c1[N+](=O)[O-]. The molecule has 0 radical (unpaired) electrons. The zero-order chi connectivity index (χ0) is 15.1. The topological polar surface area (TPSA) is 98.3 Å². The van der Waals surface area contributed by atoms with E-state index in [2.05, 4.69) is 10.5 Å². The average Bonchev–Trinajstić information content (AvgIpc) is 2.93. The second kappa shape index (κ2) is 4.55. The van der Waals surface area contributed by atoms with Crippen molar-refractivity contribution < 1.29 is 14.2 Å². The molecule has 0 unspecified atom stereocenters. The van der Waals surface area contributed by atoms with Crippen molar-refractivity contribution in [2.75, 3.05) is 5.32 Å². The Morgan fingerprint density at radius 3 is 2.86 bits per heavy atom. The molecule has 3 rings (SSSR count). The summed E-state index contributed by atoms with van der Waals surface area (Å²) in [6.45, 7) is 3.36. The highest BCUT2D eigenvalue weighted by atomic mass is 16.6. The summed E-state index contributed by atoms with van der Waals surface area (Å²) in [6, 6.07) is 5.48. The first-order valence-corrected chi connectivity index (χ1v) is 6.22. The number of hydrogen-bond donors (Lipinski definition) is 1. The Morgan fingerprint density at radius 2 is 2.14 bits per heavy atom. The van der Waals surface area contributed by atoms with Gasteiger partial charge in [0.1, 0.15) is 0 Å². The van der Waals surface area contributed by atoms with Gasteiger partial charge in [-0.2, -0.15) is 0 Å². The van der Waals surface area contributed by atoms with Gasteiger partial charge in [0.25, 0.3) is 5.91 Å². The Morgan fingerprint density at radius 1 is 1.38 bits per heavy atom. The van der Waals surface area contributed by atoms with Gasteiger partial charge in [-0.05, 0) is 19.4 Å². The Kier molecular flexibility index (Phi) is 2.83. The van der Waals surface area contributed by atoms with Gasteiger partial charge in [0, 0.05) is 11.6 Å². The van der Waals surface area contributed by atoms with E-state index in [1.165, 1.54) is 13.0 Å². The van der Waals surface area contributed by atoms with E-state index in [1.54, 1.807) is 6.07 Å². The van der Waals surface area contributed by atoms with Crippen LogP contribution in [0, 0.1) is 24.0 Å². The molecule has 0 spiro atoms. The number of fused-ring (bicyclic) bond motifs is 1. The molecule has 7 nitrogen and oxygen atoms in total. The number of rotatable bonds is 2. The van der Waals surface area contributed by atoms with Crippen LogP contribution in [0.25, 0.3) is 11.6 Å². The highest BCUT2D eigenvalue weighted by Gasteiger charge is 2.29. The van der Waals surface area contributed by atoms with Crippen LogP contribution in [0.15, 0.2) is 22.7 Å². The first-order valence-electron chi connectivity index (χ1n) is 6.22. The highest BCUT2D eigenvalue weighted by molar-refractivity contribution is 6.35. The molecule has 21 heavy (non-hydrogen) atoms. The molecule has 1 aliphatic rings. The van der Waals surface area contributed by atoms with E-state index in [-0.39, 0.29) is 23.0 Å². The van der Waals surface area contributed by atoms with Gasteiger partial charge in [-0.3, -0.25) is 14.9 Å². The number of nitrogens with zero attached hydrogens (tertiary/aromatic N) is 2. The number of amides is 1. The van der Waals surface area contributed by atoms with Gasteiger partial charge in [-0.15, -0.1) is 0 Å². The van der Waals surface area contributed by atoms with E-state index in [0.717, 1.165) is 5.56 Å². The van der Waals surface area contributed by atoms with Gasteiger partial charge >= 0.3 is 5.69 Å². The first kappa shape index (κ1) is 13.0. The van der Waals surface area contributed by atoms with Crippen molar-refractivity contribution in [2.45, 2.75) is 13.8 Å². The number of nitro groups is 1. The van der Waals surface area contributed by atoms with Crippen molar-refractivity contribution in [1.82, 2.24) is 5.16 Å². The third-order valence-corrected chi connectivity index (χ3v) is 3.36. The monoisotopic (exact) mass is 285 g/mol. The summed E-state index contributed by atoms with van der Waals surface area (Å²) in [5.41, 5.74) is 2.61. The predicted octanol–water partition coefficient (Wildman–Crippen LogP) is 2.69. The second-order valence-corrected chi connectivity index (χ2v) is 4.75. The minimum absolute atomic E-state index is 0.0305. The Labute approximate surface area is 119 Å². The zero-order valence-corrected chi connectivity index (χ0v) is 11.3. The number of anilines is 1. The Bertz CT molecular complexity index is 805. The molecule has 7 heteroatoms. The van der Waals surface area contributed by atoms with Crippen molar-refractivity contribution in [1.29, 1.82) is 0 Å². The number of aromatic nitrogens is 1. The van der Waals surface area contributed by atoms with Crippen LogP contribution in [0.5, 0.6) is 0 Å². The number of para-hydroxylation sites is 1. The number of carbonyl (C=O) groups is 1. The quantitative estimate of drug-likeness (QED) is 0.519. The van der Waals surface area contributed by atoms with E-state index >= 15 is 0 Å². The van der Waals surface area contributed by atoms with Gasteiger partial charge in [0.15, 0.2) is 5.69 Å². The molecule has 1 N–H and O–H groups in total. The van der Waals surface area contributed by atoms with Gasteiger partial charge in [0.2, 0.25) is 5.76 Å². The lowest BCUT2D eigenvalue weighted by Gasteiger charge is -2.00. The van der Waals surface area contributed by atoms with Crippen LogP contribution in [0.1, 0.15) is 22.6 Å². The van der Waals surface area contributed by atoms with Gasteiger partial charge in [-0.25, -0.2) is 0 Å². The molecule has 0 bridgehead atoms. The molecule has 106 valence electrons. The molecule has 0 fully saturated rings.